The monoisotopic (exact) mass is 204 g/mol. The van der Waals surface area contributed by atoms with Crippen LogP contribution in [0.1, 0.15) is 12.0 Å². The van der Waals surface area contributed by atoms with E-state index in [2.05, 4.69) is 0 Å². The SMILES string of the molecule is NCCC(N)C(=O)/C=C/c1ccccc1. The molecule has 0 bridgehead atoms. The molecule has 3 heteroatoms. The normalized spacial score (nSPS) is 12.9. The highest BCUT2D eigenvalue weighted by Crippen LogP contribution is 2.01. The summed E-state index contributed by atoms with van der Waals surface area (Å²) in [7, 11) is 0. The van der Waals surface area contributed by atoms with Crippen LogP contribution in [0, 0.1) is 0 Å². The minimum atomic E-state index is -0.477. The quantitative estimate of drug-likeness (QED) is 0.701. The molecule has 0 amide bonds. The van der Waals surface area contributed by atoms with Gasteiger partial charge in [0.1, 0.15) is 0 Å². The molecule has 0 fully saturated rings. The highest BCUT2D eigenvalue weighted by molar-refractivity contribution is 5.97. The van der Waals surface area contributed by atoms with Gasteiger partial charge in [-0.1, -0.05) is 36.4 Å². The van der Waals surface area contributed by atoms with Crippen molar-refractivity contribution in [3.8, 4) is 0 Å². The zero-order chi connectivity index (χ0) is 11.1. The fourth-order valence-electron chi connectivity index (χ4n) is 1.19. The van der Waals surface area contributed by atoms with Crippen molar-refractivity contribution in [1.82, 2.24) is 0 Å². The van der Waals surface area contributed by atoms with Gasteiger partial charge in [-0.3, -0.25) is 4.79 Å². The van der Waals surface area contributed by atoms with Gasteiger partial charge in [0, 0.05) is 0 Å². The maximum Gasteiger partial charge on any atom is 0.172 e. The summed E-state index contributed by atoms with van der Waals surface area (Å²) in [6.07, 6.45) is 3.80. The molecule has 1 unspecified atom stereocenters. The molecular weight excluding hydrogens is 188 g/mol. The van der Waals surface area contributed by atoms with Crippen LogP contribution in [-0.4, -0.2) is 18.4 Å². The molecule has 0 radical (unpaired) electrons. The summed E-state index contributed by atoms with van der Waals surface area (Å²) in [5, 5.41) is 0. The van der Waals surface area contributed by atoms with Gasteiger partial charge in [-0.2, -0.15) is 0 Å². The number of nitrogens with two attached hydrogens (primary N) is 2. The van der Waals surface area contributed by atoms with Crippen LogP contribution in [0.15, 0.2) is 36.4 Å². The predicted octanol–water partition coefficient (Wildman–Crippen LogP) is 0.945. The van der Waals surface area contributed by atoms with Crippen molar-refractivity contribution < 1.29 is 4.79 Å². The van der Waals surface area contributed by atoms with Crippen molar-refractivity contribution in [2.45, 2.75) is 12.5 Å². The molecule has 0 aromatic heterocycles. The lowest BCUT2D eigenvalue weighted by molar-refractivity contribution is -0.115. The van der Waals surface area contributed by atoms with Crippen molar-refractivity contribution in [1.29, 1.82) is 0 Å². The van der Waals surface area contributed by atoms with Crippen molar-refractivity contribution in [3.63, 3.8) is 0 Å². The highest BCUT2D eigenvalue weighted by Gasteiger charge is 2.07. The van der Waals surface area contributed by atoms with Crippen molar-refractivity contribution in [2.24, 2.45) is 11.5 Å². The summed E-state index contributed by atoms with van der Waals surface area (Å²) < 4.78 is 0. The number of carbonyl (C=O) groups is 1. The van der Waals surface area contributed by atoms with Gasteiger partial charge in [0.15, 0.2) is 5.78 Å². The van der Waals surface area contributed by atoms with Crippen molar-refractivity contribution in [2.75, 3.05) is 6.54 Å². The van der Waals surface area contributed by atoms with E-state index in [4.69, 9.17) is 11.5 Å². The molecule has 1 rings (SSSR count). The third kappa shape index (κ3) is 4.06. The van der Waals surface area contributed by atoms with Gasteiger partial charge in [-0.25, -0.2) is 0 Å². The third-order valence-corrected chi connectivity index (χ3v) is 2.08. The van der Waals surface area contributed by atoms with Crippen LogP contribution in [0.25, 0.3) is 6.08 Å². The Balaban J connectivity index is 2.55. The Morgan fingerprint density at radius 3 is 2.60 bits per heavy atom. The molecule has 0 aliphatic rings. The Hall–Kier alpha value is -1.45. The largest absolute Gasteiger partial charge is 0.330 e. The predicted molar refractivity (Wildman–Crippen MR) is 62.1 cm³/mol. The fourth-order valence-corrected chi connectivity index (χ4v) is 1.19. The Morgan fingerprint density at radius 2 is 2.00 bits per heavy atom. The van der Waals surface area contributed by atoms with E-state index in [0.717, 1.165) is 5.56 Å². The number of hydrogen-bond acceptors (Lipinski definition) is 3. The molecule has 0 saturated heterocycles. The van der Waals surface area contributed by atoms with Crippen molar-refractivity contribution >= 4 is 11.9 Å². The molecule has 0 saturated carbocycles. The second-order valence-corrected chi connectivity index (χ2v) is 3.33. The zero-order valence-electron chi connectivity index (χ0n) is 8.60. The molecule has 4 N–H and O–H groups in total. The Bertz CT molecular complexity index is 333. The summed E-state index contributed by atoms with van der Waals surface area (Å²) in [6.45, 7) is 0.437. The average molecular weight is 204 g/mol. The topological polar surface area (TPSA) is 69.1 Å². The van der Waals surface area contributed by atoms with Gasteiger partial charge in [0.2, 0.25) is 0 Å². The van der Waals surface area contributed by atoms with Gasteiger partial charge in [0.05, 0.1) is 6.04 Å². The summed E-state index contributed by atoms with van der Waals surface area (Å²) in [6, 6.07) is 9.15. The summed E-state index contributed by atoms with van der Waals surface area (Å²) in [5.41, 5.74) is 11.9. The van der Waals surface area contributed by atoms with E-state index >= 15 is 0 Å². The van der Waals surface area contributed by atoms with E-state index in [0.29, 0.717) is 13.0 Å². The van der Waals surface area contributed by atoms with Crippen LogP contribution in [0.3, 0.4) is 0 Å². The standard InChI is InChI=1S/C12H16N2O/c13-9-8-11(14)12(15)7-6-10-4-2-1-3-5-10/h1-7,11H,8-9,13-14H2/b7-6+. The first-order valence-electron chi connectivity index (χ1n) is 4.96. The molecule has 1 atom stereocenters. The summed E-state index contributed by atoms with van der Waals surface area (Å²) >= 11 is 0. The summed E-state index contributed by atoms with van der Waals surface area (Å²) in [4.78, 5) is 11.4. The Kier molecular flexibility index (Phi) is 4.74. The molecular formula is C12H16N2O. The Labute approximate surface area is 89.8 Å². The van der Waals surface area contributed by atoms with E-state index in [1.165, 1.54) is 6.08 Å². The second kappa shape index (κ2) is 6.11. The van der Waals surface area contributed by atoms with Crippen LogP contribution in [0.2, 0.25) is 0 Å². The zero-order valence-corrected chi connectivity index (χ0v) is 8.60. The lowest BCUT2D eigenvalue weighted by Crippen LogP contribution is -2.31. The molecule has 1 aromatic carbocycles. The highest BCUT2D eigenvalue weighted by atomic mass is 16.1. The van der Waals surface area contributed by atoms with E-state index < -0.39 is 6.04 Å². The fraction of sp³-hybridized carbons (Fsp3) is 0.250. The lowest BCUT2D eigenvalue weighted by Gasteiger charge is -2.04. The average Bonchev–Trinajstić information content (AvgIpc) is 2.27. The number of rotatable bonds is 5. The van der Waals surface area contributed by atoms with E-state index in [1.807, 2.05) is 30.3 Å². The van der Waals surface area contributed by atoms with E-state index in [-0.39, 0.29) is 5.78 Å². The number of carbonyl (C=O) groups excluding carboxylic acids is 1. The smallest absolute Gasteiger partial charge is 0.172 e. The van der Waals surface area contributed by atoms with Crippen molar-refractivity contribution in [3.05, 3.63) is 42.0 Å². The van der Waals surface area contributed by atoms with Crippen LogP contribution < -0.4 is 11.5 Å². The first-order chi connectivity index (χ1) is 7.24. The van der Waals surface area contributed by atoms with Gasteiger partial charge in [-0.05, 0) is 24.6 Å². The van der Waals surface area contributed by atoms with Gasteiger partial charge >= 0.3 is 0 Å². The van der Waals surface area contributed by atoms with Gasteiger partial charge in [-0.15, -0.1) is 0 Å². The first kappa shape index (κ1) is 11.6. The maximum atomic E-state index is 11.4. The summed E-state index contributed by atoms with van der Waals surface area (Å²) in [5.74, 6) is -0.0793. The van der Waals surface area contributed by atoms with Crippen LogP contribution >= 0.6 is 0 Å². The third-order valence-electron chi connectivity index (χ3n) is 2.08. The van der Waals surface area contributed by atoms with Crippen LogP contribution in [0.5, 0.6) is 0 Å². The minimum Gasteiger partial charge on any atom is -0.330 e. The molecule has 1 aromatic rings. The number of ketones is 1. The van der Waals surface area contributed by atoms with E-state index in [9.17, 15) is 4.79 Å². The molecule has 0 aliphatic heterocycles. The van der Waals surface area contributed by atoms with Crippen LogP contribution in [-0.2, 0) is 4.79 Å². The Morgan fingerprint density at radius 1 is 1.33 bits per heavy atom. The maximum absolute atomic E-state index is 11.4. The van der Waals surface area contributed by atoms with Gasteiger partial charge in [0.25, 0.3) is 0 Å². The molecule has 80 valence electrons. The molecule has 0 heterocycles. The first-order valence-corrected chi connectivity index (χ1v) is 4.96. The molecule has 15 heavy (non-hydrogen) atoms. The minimum absolute atomic E-state index is 0.0793. The molecule has 0 spiro atoms. The molecule has 0 aliphatic carbocycles. The van der Waals surface area contributed by atoms with Gasteiger partial charge < -0.3 is 11.5 Å². The lowest BCUT2D eigenvalue weighted by atomic mass is 10.1. The molecule has 3 nitrogen and oxygen atoms in total. The number of benzene rings is 1. The van der Waals surface area contributed by atoms with E-state index in [1.54, 1.807) is 6.08 Å². The second-order valence-electron chi connectivity index (χ2n) is 3.33. The van der Waals surface area contributed by atoms with Crippen LogP contribution in [0.4, 0.5) is 0 Å². The number of hydrogen-bond donors (Lipinski definition) is 2.